The molecule has 0 aromatic carbocycles. The molecule has 0 bridgehead atoms. The maximum Gasteiger partial charge on any atom is 0.257 e. The van der Waals surface area contributed by atoms with Crippen molar-refractivity contribution >= 4 is 22.5 Å². The normalized spacial score (nSPS) is 14.3. The number of carbonyl (C=O) groups is 1. The molecule has 7 heteroatoms. The molecule has 5 aromatic heterocycles. The number of rotatable bonds is 3. The molecule has 0 aliphatic carbocycles. The summed E-state index contributed by atoms with van der Waals surface area (Å²) in [4.78, 5) is 27.2. The van der Waals surface area contributed by atoms with E-state index in [4.69, 9.17) is 0 Å². The minimum absolute atomic E-state index is 0.0660. The van der Waals surface area contributed by atoms with Gasteiger partial charge in [0.05, 0.1) is 17.3 Å². The molecule has 1 saturated heterocycles. The molecule has 1 aliphatic heterocycles. The van der Waals surface area contributed by atoms with E-state index in [1.54, 1.807) is 16.9 Å². The molecular weight excluding hydrogens is 400 g/mol. The van der Waals surface area contributed by atoms with Gasteiger partial charge in [0, 0.05) is 66.2 Å². The topological polar surface area (TPSA) is 79.2 Å². The minimum atomic E-state index is 0.0660. The van der Waals surface area contributed by atoms with Crippen molar-refractivity contribution in [2.45, 2.75) is 19.3 Å². The second kappa shape index (κ2) is 7.60. The number of H-pyrrole nitrogens is 1. The Kier molecular flexibility index (Phi) is 4.45. The molecule has 32 heavy (non-hydrogen) atoms. The van der Waals surface area contributed by atoms with Gasteiger partial charge in [-0.15, -0.1) is 0 Å². The highest BCUT2D eigenvalue weighted by Crippen LogP contribution is 2.32. The summed E-state index contributed by atoms with van der Waals surface area (Å²) >= 11 is 0. The van der Waals surface area contributed by atoms with Crippen LogP contribution in [-0.4, -0.2) is 48.5 Å². The fourth-order valence-electron chi connectivity index (χ4n) is 4.51. The van der Waals surface area contributed by atoms with Gasteiger partial charge in [0.25, 0.3) is 5.91 Å². The zero-order chi connectivity index (χ0) is 21.5. The van der Waals surface area contributed by atoms with Gasteiger partial charge in [-0.25, -0.2) is 9.50 Å². The third-order valence-corrected chi connectivity index (χ3v) is 6.23. The van der Waals surface area contributed by atoms with Crippen molar-refractivity contribution in [1.29, 1.82) is 0 Å². The number of hydrogen-bond donors (Lipinski definition) is 1. The molecular formula is C25H22N6O. The first-order chi connectivity index (χ1) is 15.8. The van der Waals surface area contributed by atoms with Crippen LogP contribution in [0.3, 0.4) is 0 Å². The number of pyridine rings is 3. The standard InChI is InChI=1S/C25H22N6O/c32-25(30-8-2-1-3-9-30)22-16-29-31-10-6-17(12-23(22)31)21-15-28-24-20(21)11-19(14-27-24)18-5-4-7-26-13-18/h4-7,10-16H,1-3,8-9H2,(H,27,28). The van der Waals surface area contributed by atoms with Crippen molar-refractivity contribution in [3.05, 3.63) is 73.1 Å². The van der Waals surface area contributed by atoms with Crippen LogP contribution in [0, 0.1) is 0 Å². The lowest BCUT2D eigenvalue weighted by atomic mass is 10.0. The highest BCUT2D eigenvalue weighted by Gasteiger charge is 2.22. The first-order valence-electron chi connectivity index (χ1n) is 10.9. The summed E-state index contributed by atoms with van der Waals surface area (Å²) in [6.45, 7) is 1.64. The Labute approximate surface area is 184 Å². The molecule has 5 aromatic rings. The summed E-state index contributed by atoms with van der Waals surface area (Å²) in [6.07, 6.45) is 14.4. The summed E-state index contributed by atoms with van der Waals surface area (Å²) in [5.74, 6) is 0.0660. The lowest BCUT2D eigenvalue weighted by Gasteiger charge is -2.26. The number of likely N-dealkylation sites (tertiary alicyclic amines) is 1. The molecule has 1 N–H and O–H groups in total. The van der Waals surface area contributed by atoms with Crippen LogP contribution in [0.5, 0.6) is 0 Å². The van der Waals surface area contributed by atoms with Gasteiger partial charge in [0.2, 0.25) is 0 Å². The SMILES string of the molecule is O=C(c1cnn2ccc(-c3c[nH]c4ncc(-c5cccnc5)cc34)cc12)N1CCCCC1. The summed E-state index contributed by atoms with van der Waals surface area (Å²) in [7, 11) is 0. The third-order valence-electron chi connectivity index (χ3n) is 6.23. The van der Waals surface area contributed by atoms with Crippen molar-refractivity contribution in [3.63, 3.8) is 0 Å². The molecule has 0 atom stereocenters. The Hall–Kier alpha value is -4.00. The Morgan fingerprint density at radius 1 is 0.969 bits per heavy atom. The molecule has 0 unspecified atom stereocenters. The lowest BCUT2D eigenvalue weighted by Crippen LogP contribution is -2.35. The zero-order valence-corrected chi connectivity index (χ0v) is 17.5. The van der Waals surface area contributed by atoms with E-state index >= 15 is 0 Å². The van der Waals surface area contributed by atoms with Crippen LogP contribution in [0.15, 0.2) is 67.5 Å². The molecule has 0 radical (unpaired) electrons. The third kappa shape index (κ3) is 3.13. The van der Waals surface area contributed by atoms with Crippen LogP contribution in [-0.2, 0) is 0 Å². The fourth-order valence-corrected chi connectivity index (χ4v) is 4.51. The van der Waals surface area contributed by atoms with Crippen LogP contribution in [0.1, 0.15) is 29.6 Å². The van der Waals surface area contributed by atoms with Gasteiger partial charge in [-0.05, 0) is 49.1 Å². The fraction of sp³-hybridized carbons (Fsp3) is 0.200. The van der Waals surface area contributed by atoms with Crippen molar-refractivity contribution < 1.29 is 4.79 Å². The van der Waals surface area contributed by atoms with Crippen molar-refractivity contribution in [2.75, 3.05) is 13.1 Å². The number of carbonyl (C=O) groups excluding carboxylic acids is 1. The zero-order valence-electron chi connectivity index (χ0n) is 17.5. The summed E-state index contributed by atoms with van der Waals surface area (Å²) < 4.78 is 1.77. The average molecular weight is 422 g/mol. The molecule has 0 saturated carbocycles. The Balaban J connectivity index is 1.43. The van der Waals surface area contributed by atoms with Gasteiger partial charge in [-0.2, -0.15) is 5.10 Å². The number of hydrogen-bond acceptors (Lipinski definition) is 4. The van der Waals surface area contributed by atoms with Crippen molar-refractivity contribution in [2.24, 2.45) is 0 Å². The molecule has 1 fully saturated rings. The predicted octanol–water partition coefficient (Wildman–Crippen LogP) is 4.57. The maximum absolute atomic E-state index is 13.1. The summed E-state index contributed by atoms with van der Waals surface area (Å²) in [5.41, 5.74) is 6.39. The monoisotopic (exact) mass is 422 g/mol. The summed E-state index contributed by atoms with van der Waals surface area (Å²) in [6, 6.07) is 10.1. The number of nitrogens with zero attached hydrogens (tertiary/aromatic N) is 5. The number of amides is 1. The van der Waals surface area contributed by atoms with Crippen LogP contribution in [0.25, 0.3) is 38.8 Å². The summed E-state index contributed by atoms with van der Waals surface area (Å²) in [5, 5.41) is 5.44. The molecule has 158 valence electrons. The van der Waals surface area contributed by atoms with Crippen LogP contribution in [0.4, 0.5) is 0 Å². The van der Waals surface area contributed by atoms with Gasteiger partial charge < -0.3 is 9.88 Å². The molecule has 1 amide bonds. The number of nitrogens with one attached hydrogen (secondary N) is 1. The maximum atomic E-state index is 13.1. The number of fused-ring (bicyclic) bond motifs is 2. The Morgan fingerprint density at radius 2 is 1.88 bits per heavy atom. The number of aromatic amines is 1. The van der Waals surface area contributed by atoms with Gasteiger partial charge in [0.1, 0.15) is 5.65 Å². The highest BCUT2D eigenvalue weighted by molar-refractivity contribution is 6.02. The van der Waals surface area contributed by atoms with E-state index in [1.165, 1.54) is 6.42 Å². The van der Waals surface area contributed by atoms with Gasteiger partial charge >= 0.3 is 0 Å². The molecule has 0 spiro atoms. The lowest BCUT2D eigenvalue weighted by molar-refractivity contribution is 0.0726. The second-order valence-corrected chi connectivity index (χ2v) is 8.22. The van der Waals surface area contributed by atoms with Gasteiger partial charge in [-0.1, -0.05) is 6.07 Å². The first-order valence-corrected chi connectivity index (χ1v) is 10.9. The Bertz CT molecular complexity index is 1430. The van der Waals surface area contributed by atoms with E-state index in [9.17, 15) is 4.79 Å². The molecule has 6 heterocycles. The largest absolute Gasteiger partial charge is 0.346 e. The van der Waals surface area contributed by atoms with E-state index in [1.807, 2.05) is 54.0 Å². The van der Waals surface area contributed by atoms with Gasteiger partial charge in [0.15, 0.2) is 0 Å². The van der Waals surface area contributed by atoms with Crippen LogP contribution in [0.2, 0.25) is 0 Å². The average Bonchev–Trinajstić information content (AvgIpc) is 3.48. The van der Waals surface area contributed by atoms with Crippen molar-refractivity contribution in [3.8, 4) is 22.3 Å². The quantitative estimate of drug-likeness (QED) is 0.462. The Morgan fingerprint density at radius 3 is 2.72 bits per heavy atom. The second-order valence-electron chi connectivity index (χ2n) is 8.22. The molecule has 6 rings (SSSR count). The molecule has 7 nitrogen and oxygen atoms in total. The first kappa shape index (κ1) is 18.7. The highest BCUT2D eigenvalue weighted by atomic mass is 16.2. The van der Waals surface area contributed by atoms with E-state index in [2.05, 4.69) is 26.1 Å². The number of piperidine rings is 1. The molecule has 1 aliphatic rings. The van der Waals surface area contributed by atoms with Crippen molar-refractivity contribution in [1.82, 2.24) is 29.5 Å². The van der Waals surface area contributed by atoms with Crippen LogP contribution >= 0.6 is 0 Å². The predicted molar refractivity (Wildman–Crippen MR) is 123 cm³/mol. The minimum Gasteiger partial charge on any atom is -0.346 e. The van der Waals surface area contributed by atoms with Crippen LogP contribution < -0.4 is 0 Å². The smallest absolute Gasteiger partial charge is 0.257 e. The van der Waals surface area contributed by atoms with E-state index < -0.39 is 0 Å². The number of aromatic nitrogens is 5. The van der Waals surface area contributed by atoms with E-state index in [0.717, 1.165) is 64.7 Å². The van der Waals surface area contributed by atoms with E-state index in [-0.39, 0.29) is 5.91 Å². The van der Waals surface area contributed by atoms with Gasteiger partial charge in [-0.3, -0.25) is 9.78 Å². The van der Waals surface area contributed by atoms with E-state index in [0.29, 0.717) is 5.56 Å².